The van der Waals surface area contributed by atoms with Gasteiger partial charge in [-0.2, -0.15) is 0 Å². The topological polar surface area (TPSA) is 97.6 Å². The summed E-state index contributed by atoms with van der Waals surface area (Å²) in [5.74, 6) is 0.368. The van der Waals surface area contributed by atoms with Crippen molar-refractivity contribution < 1.29 is 34.3 Å². The summed E-state index contributed by atoms with van der Waals surface area (Å²) in [7, 11) is 0. The van der Waals surface area contributed by atoms with Gasteiger partial charge >= 0.3 is 0 Å². The number of aliphatic hydroxyl groups excluding tert-OH is 2. The standard InChI is InChI=1S/C8H18O5.C7H8O.C4H10O/c9-1-3-11-5-7-13-8-6-12-4-2-10;1-6-4-2-3-5-7(6)8;1-3-5-4-2/h9-10H,1-8H2;2-5,8H,1H3;3-4H2,1-2H3. The van der Waals surface area contributed by atoms with Crippen molar-refractivity contribution in [2.24, 2.45) is 0 Å². The molecule has 0 radical (unpaired) electrons. The van der Waals surface area contributed by atoms with E-state index < -0.39 is 0 Å². The zero-order valence-corrected chi connectivity index (χ0v) is 16.4. The molecule has 1 rings (SSSR count). The summed E-state index contributed by atoms with van der Waals surface area (Å²) in [5.41, 5.74) is 0.924. The van der Waals surface area contributed by atoms with Crippen LogP contribution in [-0.2, 0) is 18.9 Å². The number of hydrogen-bond donors (Lipinski definition) is 3. The van der Waals surface area contributed by atoms with Crippen LogP contribution in [-0.4, -0.2) is 81.4 Å². The quantitative estimate of drug-likeness (QED) is 0.478. The third-order valence-electron chi connectivity index (χ3n) is 2.74. The van der Waals surface area contributed by atoms with Gasteiger partial charge in [-0.3, -0.25) is 0 Å². The van der Waals surface area contributed by atoms with Gasteiger partial charge in [0.2, 0.25) is 0 Å². The zero-order chi connectivity index (χ0) is 19.9. The molecule has 0 saturated carbocycles. The lowest BCUT2D eigenvalue weighted by Gasteiger charge is -2.04. The van der Waals surface area contributed by atoms with Crippen LogP contribution in [0.5, 0.6) is 5.75 Å². The highest BCUT2D eigenvalue weighted by Crippen LogP contribution is 2.12. The van der Waals surface area contributed by atoms with E-state index in [4.69, 9.17) is 34.3 Å². The Balaban J connectivity index is 0. The van der Waals surface area contributed by atoms with Gasteiger partial charge in [0.05, 0.1) is 52.9 Å². The number of aromatic hydroxyl groups is 1. The van der Waals surface area contributed by atoms with Crippen LogP contribution < -0.4 is 0 Å². The molecule has 0 spiro atoms. The molecule has 0 aliphatic rings. The monoisotopic (exact) mass is 376 g/mol. The van der Waals surface area contributed by atoms with E-state index in [-0.39, 0.29) is 13.2 Å². The maximum absolute atomic E-state index is 8.92. The van der Waals surface area contributed by atoms with Crippen molar-refractivity contribution in [1.82, 2.24) is 0 Å². The Bertz CT molecular complexity index is 342. The van der Waals surface area contributed by atoms with E-state index >= 15 is 0 Å². The lowest BCUT2D eigenvalue weighted by Crippen LogP contribution is -2.11. The number of para-hydroxylation sites is 1. The minimum Gasteiger partial charge on any atom is -0.508 e. The molecule has 0 unspecified atom stereocenters. The molecule has 1 aromatic carbocycles. The first-order valence-electron chi connectivity index (χ1n) is 8.91. The van der Waals surface area contributed by atoms with Crippen LogP contribution in [0.4, 0.5) is 0 Å². The fraction of sp³-hybridized carbons (Fsp3) is 0.684. The minimum absolute atomic E-state index is 0.0413. The van der Waals surface area contributed by atoms with E-state index in [9.17, 15) is 0 Å². The van der Waals surface area contributed by atoms with Gasteiger partial charge in [-0.25, -0.2) is 0 Å². The molecule has 3 N–H and O–H groups in total. The van der Waals surface area contributed by atoms with Crippen LogP contribution in [0.15, 0.2) is 24.3 Å². The highest BCUT2D eigenvalue weighted by molar-refractivity contribution is 5.29. The summed E-state index contributed by atoms with van der Waals surface area (Å²) in [6, 6.07) is 7.25. The molecule has 0 saturated heterocycles. The molecule has 0 aromatic heterocycles. The van der Waals surface area contributed by atoms with Gasteiger partial charge in [0.1, 0.15) is 5.75 Å². The zero-order valence-electron chi connectivity index (χ0n) is 16.4. The number of benzene rings is 1. The summed E-state index contributed by atoms with van der Waals surface area (Å²) >= 11 is 0. The fourth-order valence-electron chi connectivity index (χ4n) is 1.44. The van der Waals surface area contributed by atoms with Crippen molar-refractivity contribution in [2.45, 2.75) is 20.8 Å². The molecular formula is C19H36O7. The molecule has 0 heterocycles. The summed E-state index contributed by atoms with van der Waals surface area (Å²) in [5, 5.41) is 25.6. The van der Waals surface area contributed by atoms with Gasteiger partial charge < -0.3 is 34.3 Å². The number of ether oxygens (including phenoxy) is 4. The van der Waals surface area contributed by atoms with Gasteiger partial charge in [-0.05, 0) is 32.4 Å². The largest absolute Gasteiger partial charge is 0.508 e. The summed E-state index contributed by atoms with van der Waals surface area (Å²) in [6.45, 7) is 10.3. The van der Waals surface area contributed by atoms with Crippen molar-refractivity contribution in [1.29, 1.82) is 0 Å². The normalized spacial score (nSPS) is 9.73. The smallest absolute Gasteiger partial charge is 0.118 e. The van der Waals surface area contributed by atoms with Crippen LogP contribution >= 0.6 is 0 Å². The SMILES string of the molecule is CCOCC.Cc1ccccc1O.OCCOCCOCCOCCO. The second-order valence-corrected chi connectivity index (χ2v) is 4.85. The predicted molar refractivity (Wildman–Crippen MR) is 102 cm³/mol. The Morgan fingerprint density at radius 1 is 0.692 bits per heavy atom. The van der Waals surface area contributed by atoms with Crippen LogP contribution in [0.25, 0.3) is 0 Å². The second kappa shape index (κ2) is 23.8. The molecule has 7 heteroatoms. The van der Waals surface area contributed by atoms with E-state index in [0.717, 1.165) is 18.8 Å². The Kier molecular flexibility index (Phi) is 24.7. The van der Waals surface area contributed by atoms with Gasteiger partial charge in [0, 0.05) is 13.2 Å². The van der Waals surface area contributed by atoms with E-state index in [2.05, 4.69) is 0 Å². The lowest BCUT2D eigenvalue weighted by molar-refractivity contribution is 0.00230. The van der Waals surface area contributed by atoms with Crippen molar-refractivity contribution in [3.63, 3.8) is 0 Å². The average molecular weight is 376 g/mol. The summed E-state index contributed by atoms with van der Waals surface area (Å²) < 4.78 is 19.9. The van der Waals surface area contributed by atoms with Crippen molar-refractivity contribution in [3.05, 3.63) is 29.8 Å². The molecule has 0 fully saturated rings. The van der Waals surface area contributed by atoms with Gasteiger partial charge in [-0.15, -0.1) is 0 Å². The third kappa shape index (κ3) is 22.8. The molecule has 0 atom stereocenters. The Hall–Kier alpha value is -1.22. The van der Waals surface area contributed by atoms with Crippen molar-refractivity contribution in [3.8, 4) is 5.75 Å². The molecule has 26 heavy (non-hydrogen) atoms. The first kappa shape index (κ1) is 27.0. The first-order chi connectivity index (χ1) is 12.6. The van der Waals surface area contributed by atoms with Crippen LogP contribution in [0.1, 0.15) is 19.4 Å². The predicted octanol–water partition coefficient (Wildman–Crippen LogP) is 1.76. The van der Waals surface area contributed by atoms with E-state index in [1.54, 1.807) is 6.07 Å². The molecule has 0 aliphatic carbocycles. The second-order valence-electron chi connectivity index (χ2n) is 4.85. The lowest BCUT2D eigenvalue weighted by atomic mass is 10.2. The molecule has 1 aromatic rings. The molecule has 0 bridgehead atoms. The first-order valence-corrected chi connectivity index (χ1v) is 8.91. The van der Waals surface area contributed by atoms with Crippen LogP contribution in [0, 0.1) is 6.92 Å². The molecule has 154 valence electrons. The van der Waals surface area contributed by atoms with E-state index in [0.29, 0.717) is 45.4 Å². The van der Waals surface area contributed by atoms with Crippen LogP contribution in [0.2, 0.25) is 0 Å². The molecule has 7 nitrogen and oxygen atoms in total. The molecular weight excluding hydrogens is 340 g/mol. The van der Waals surface area contributed by atoms with E-state index in [1.807, 2.05) is 39.0 Å². The fourth-order valence-corrected chi connectivity index (χ4v) is 1.44. The number of phenolic OH excluding ortho intramolecular Hbond substituents is 1. The Labute approximate surface area is 157 Å². The minimum atomic E-state index is 0.0413. The maximum Gasteiger partial charge on any atom is 0.118 e. The Morgan fingerprint density at radius 3 is 1.38 bits per heavy atom. The summed E-state index contributed by atoms with van der Waals surface area (Å²) in [6.07, 6.45) is 0. The number of phenols is 1. The number of aryl methyl sites for hydroxylation is 1. The number of hydrogen-bond acceptors (Lipinski definition) is 7. The van der Waals surface area contributed by atoms with Crippen LogP contribution in [0.3, 0.4) is 0 Å². The highest BCUT2D eigenvalue weighted by atomic mass is 16.5. The van der Waals surface area contributed by atoms with Gasteiger partial charge in [0.25, 0.3) is 0 Å². The Morgan fingerprint density at radius 2 is 1.12 bits per heavy atom. The maximum atomic E-state index is 8.92. The highest BCUT2D eigenvalue weighted by Gasteiger charge is 1.90. The average Bonchev–Trinajstić information content (AvgIpc) is 2.65. The van der Waals surface area contributed by atoms with Crippen molar-refractivity contribution >= 4 is 0 Å². The molecule has 0 aliphatic heterocycles. The van der Waals surface area contributed by atoms with Crippen molar-refractivity contribution in [2.75, 3.05) is 66.1 Å². The number of aliphatic hydroxyl groups is 2. The van der Waals surface area contributed by atoms with Gasteiger partial charge in [-0.1, -0.05) is 18.2 Å². The molecule has 0 amide bonds. The van der Waals surface area contributed by atoms with Gasteiger partial charge in [0.15, 0.2) is 0 Å². The third-order valence-corrected chi connectivity index (χ3v) is 2.74. The van der Waals surface area contributed by atoms with E-state index in [1.165, 1.54) is 0 Å². The number of rotatable bonds is 12. The summed E-state index contributed by atoms with van der Waals surface area (Å²) in [4.78, 5) is 0.